The van der Waals surface area contributed by atoms with Gasteiger partial charge in [0.1, 0.15) is 5.60 Å². The van der Waals surface area contributed by atoms with Gasteiger partial charge in [-0.15, -0.1) is 0 Å². The van der Waals surface area contributed by atoms with E-state index in [1.807, 2.05) is 19.9 Å². The van der Waals surface area contributed by atoms with Gasteiger partial charge in [0, 0.05) is 11.8 Å². The Morgan fingerprint density at radius 3 is 2.57 bits per heavy atom. The number of rotatable bonds is 3. The van der Waals surface area contributed by atoms with Crippen molar-refractivity contribution in [3.8, 4) is 0 Å². The van der Waals surface area contributed by atoms with Crippen LogP contribution in [-0.2, 0) is 9.53 Å². The molecular formula is C19H22O4. The fourth-order valence-electron chi connectivity index (χ4n) is 3.01. The molecule has 0 radical (unpaired) electrons. The summed E-state index contributed by atoms with van der Waals surface area (Å²) in [7, 11) is 1.33. The topological polar surface area (TPSA) is 63.6 Å². The van der Waals surface area contributed by atoms with E-state index < -0.39 is 17.0 Å². The summed E-state index contributed by atoms with van der Waals surface area (Å²) in [6, 6.07) is 7.03. The van der Waals surface area contributed by atoms with Gasteiger partial charge in [-0.2, -0.15) is 0 Å². The SMILES string of the molecule is COC(=O)c1ccccc1C=CC1(O)C(C)=CC(=O)CC1(C)C. The number of ketones is 1. The number of ether oxygens (including phenoxy) is 1. The summed E-state index contributed by atoms with van der Waals surface area (Å²) in [6.45, 7) is 5.46. The molecule has 0 heterocycles. The number of hydrogen-bond acceptors (Lipinski definition) is 4. The number of hydrogen-bond donors (Lipinski definition) is 1. The highest BCUT2D eigenvalue weighted by Gasteiger charge is 2.46. The molecule has 0 saturated heterocycles. The van der Waals surface area contributed by atoms with Crippen molar-refractivity contribution < 1.29 is 19.4 Å². The molecule has 1 aromatic carbocycles. The lowest BCUT2D eigenvalue weighted by Gasteiger charge is -2.44. The molecule has 0 aromatic heterocycles. The predicted molar refractivity (Wildman–Crippen MR) is 88.9 cm³/mol. The van der Waals surface area contributed by atoms with Crippen LogP contribution in [0, 0.1) is 5.41 Å². The van der Waals surface area contributed by atoms with E-state index in [2.05, 4.69) is 0 Å². The number of benzene rings is 1. The van der Waals surface area contributed by atoms with Gasteiger partial charge in [-0.05, 0) is 36.3 Å². The predicted octanol–water partition coefficient (Wildman–Crippen LogP) is 3.16. The van der Waals surface area contributed by atoms with Crippen LogP contribution in [0.15, 0.2) is 42.0 Å². The molecule has 4 heteroatoms. The molecule has 4 nitrogen and oxygen atoms in total. The van der Waals surface area contributed by atoms with Gasteiger partial charge in [0.05, 0.1) is 12.7 Å². The Hall–Kier alpha value is -2.20. The van der Waals surface area contributed by atoms with Gasteiger partial charge >= 0.3 is 5.97 Å². The van der Waals surface area contributed by atoms with Crippen molar-refractivity contribution in [2.24, 2.45) is 5.41 Å². The van der Waals surface area contributed by atoms with Gasteiger partial charge < -0.3 is 9.84 Å². The van der Waals surface area contributed by atoms with Crippen LogP contribution in [0.1, 0.15) is 43.1 Å². The lowest BCUT2D eigenvalue weighted by atomic mass is 9.64. The third kappa shape index (κ3) is 3.13. The van der Waals surface area contributed by atoms with E-state index in [0.29, 0.717) is 16.7 Å². The van der Waals surface area contributed by atoms with Gasteiger partial charge in [-0.1, -0.05) is 38.1 Å². The first-order chi connectivity index (χ1) is 10.7. The summed E-state index contributed by atoms with van der Waals surface area (Å²) in [4.78, 5) is 23.6. The minimum Gasteiger partial charge on any atom is -0.465 e. The zero-order chi connectivity index (χ0) is 17.3. The Labute approximate surface area is 136 Å². The van der Waals surface area contributed by atoms with Crippen molar-refractivity contribution in [3.63, 3.8) is 0 Å². The molecule has 1 N–H and O–H groups in total. The molecule has 1 aromatic rings. The zero-order valence-corrected chi connectivity index (χ0v) is 13.9. The van der Waals surface area contributed by atoms with E-state index in [0.717, 1.165) is 0 Å². The summed E-state index contributed by atoms with van der Waals surface area (Å²) in [6.07, 6.45) is 5.12. The number of methoxy groups -OCH3 is 1. The Morgan fingerprint density at radius 1 is 1.30 bits per heavy atom. The Balaban J connectivity index is 2.45. The molecule has 0 aliphatic heterocycles. The quantitative estimate of drug-likeness (QED) is 0.871. The molecule has 0 fully saturated rings. The molecule has 122 valence electrons. The summed E-state index contributed by atoms with van der Waals surface area (Å²) in [5.74, 6) is -0.414. The highest BCUT2D eigenvalue weighted by atomic mass is 16.5. The van der Waals surface area contributed by atoms with E-state index in [9.17, 15) is 14.7 Å². The minimum absolute atomic E-state index is 0.0144. The van der Waals surface area contributed by atoms with Gasteiger partial charge in [0.2, 0.25) is 0 Å². The Bertz CT molecular complexity index is 697. The van der Waals surface area contributed by atoms with Gasteiger partial charge in [-0.25, -0.2) is 4.79 Å². The molecule has 1 aliphatic rings. The van der Waals surface area contributed by atoms with Crippen LogP contribution in [0.25, 0.3) is 6.08 Å². The maximum Gasteiger partial charge on any atom is 0.338 e. The molecule has 2 rings (SSSR count). The third-order valence-electron chi connectivity index (χ3n) is 4.50. The molecule has 0 amide bonds. The van der Waals surface area contributed by atoms with Crippen molar-refractivity contribution in [1.29, 1.82) is 0 Å². The molecule has 23 heavy (non-hydrogen) atoms. The van der Waals surface area contributed by atoms with Crippen LogP contribution < -0.4 is 0 Å². The lowest BCUT2D eigenvalue weighted by Crippen LogP contribution is -2.47. The van der Waals surface area contributed by atoms with E-state index >= 15 is 0 Å². The Kier molecular flexibility index (Phi) is 4.57. The van der Waals surface area contributed by atoms with E-state index in [-0.39, 0.29) is 12.2 Å². The van der Waals surface area contributed by atoms with Crippen LogP contribution in [0.2, 0.25) is 0 Å². The van der Waals surface area contributed by atoms with Gasteiger partial charge in [0.25, 0.3) is 0 Å². The average molecular weight is 314 g/mol. The van der Waals surface area contributed by atoms with Crippen molar-refractivity contribution >= 4 is 17.8 Å². The second-order valence-electron chi connectivity index (χ2n) is 6.53. The number of aliphatic hydroxyl groups is 1. The molecule has 1 aliphatic carbocycles. The van der Waals surface area contributed by atoms with Crippen molar-refractivity contribution in [3.05, 3.63) is 53.1 Å². The van der Waals surface area contributed by atoms with Crippen LogP contribution >= 0.6 is 0 Å². The smallest absolute Gasteiger partial charge is 0.338 e. The summed E-state index contributed by atoms with van der Waals surface area (Å²) in [5.41, 5.74) is -0.177. The largest absolute Gasteiger partial charge is 0.465 e. The zero-order valence-electron chi connectivity index (χ0n) is 13.9. The first-order valence-electron chi connectivity index (χ1n) is 7.52. The molecule has 1 atom stereocenters. The van der Waals surface area contributed by atoms with E-state index in [1.54, 1.807) is 37.3 Å². The van der Waals surface area contributed by atoms with Gasteiger partial charge in [-0.3, -0.25) is 4.79 Å². The second kappa shape index (κ2) is 6.13. The highest BCUT2D eigenvalue weighted by molar-refractivity contribution is 5.94. The van der Waals surface area contributed by atoms with Crippen molar-refractivity contribution in [2.45, 2.75) is 32.8 Å². The maximum absolute atomic E-state index is 11.8. The van der Waals surface area contributed by atoms with E-state index in [4.69, 9.17) is 4.74 Å². The fourth-order valence-corrected chi connectivity index (χ4v) is 3.01. The monoisotopic (exact) mass is 314 g/mol. The van der Waals surface area contributed by atoms with Crippen molar-refractivity contribution in [2.75, 3.05) is 7.11 Å². The van der Waals surface area contributed by atoms with Crippen LogP contribution in [0.5, 0.6) is 0 Å². The number of esters is 1. The fraction of sp³-hybridized carbons (Fsp3) is 0.368. The number of allylic oxidation sites excluding steroid dienone is 1. The molecule has 0 spiro atoms. The number of carbonyl (C=O) groups is 2. The molecule has 1 unspecified atom stereocenters. The average Bonchev–Trinajstić information content (AvgIpc) is 2.50. The minimum atomic E-state index is -1.25. The van der Waals surface area contributed by atoms with Gasteiger partial charge in [0.15, 0.2) is 5.78 Å². The number of carbonyl (C=O) groups excluding carboxylic acids is 2. The van der Waals surface area contributed by atoms with Crippen molar-refractivity contribution in [1.82, 2.24) is 0 Å². The first kappa shape index (κ1) is 17.2. The molecule has 0 bridgehead atoms. The summed E-state index contributed by atoms with van der Waals surface area (Å²) in [5, 5.41) is 11.1. The second-order valence-corrected chi connectivity index (χ2v) is 6.53. The van der Waals surface area contributed by atoms with Crippen LogP contribution in [-0.4, -0.2) is 29.6 Å². The standard InChI is InChI=1S/C19H22O4/c1-13-11-15(20)12-18(2,3)19(13,22)10-9-14-7-5-6-8-16(14)17(21)23-4/h5-11,22H,12H2,1-4H3. The van der Waals surface area contributed by atoms with E-state index in [1.165, 1.54) is 13.2 Å². The third-order valence-corrected chi connectivity index (χ3v) is 4.50. The first-order valence-corrected chi connectivity index (χ1v) is 7.52. The van der Waals surface area contributed by atoms with Crippen LogP contribution in [0.3, 0.4) is 0 Å². The maximum atomic E-state index is 11.8. The van der Waals surface area contributed by atoms with Crippen LogP contribution in [0.4, 0.5) is 0 Å². The highest BCUT2D eigenvalue weighted by Crippen LogP contribution is 2.44. The normalized spacial score (nSPS) is 23.7. The summed E-state index contributed by atoms with van der Waals surface area (Å²) < 4.78 is 4.78. The molecule has 0 saturated carbocycles. The summed E-state index contributed by atoms with van der Waals surface area (Å²) >= 11 is 0. The Morgan fingerprint density at radius 2 is 1.96 bits per heavy atom. The molecular weight excluding hydrogens is 292 g/mol. The lowest BCUT2D eigenvalue weighted by molar-refractivity contribution is -0.121.